The highest BCUT2D eigenvalue weighted by Crippen LogP contribution is 2.24. The van der Waals surface area contributed by atoms with E-state index in [0.717, 1.165) is 180 Å². The van der Waals surface area contributed by atoms with Gasteiger partial charge in [0.15, 0.2) is 11.6 Å². The summed E-state index contributed by atoms with van der Waals surface area (Å²) in [5.41, 5.74) is 3.92. The van der Waals surface area contributed by atoms with Crippen molar-refractivity contribution in [1.29, 1.82) is 0 Å². The van der Waals surface area contributed by atoms with Crippen LogP contribution in [0.1, 0.15) is 111 Å². The van der Waals surface area contributed by atoms with Gasteiger partial charge in [0.25, 0.3) is 0 Å². The van der Waals surface area contributed by atoms with Crippen molar-refractivity contribution in [3.8, 4) is 0 Å². The summed E-state index contributed by atoms with van der Waals surface area (Å²) in [6.45, 7) is 25.0. The average molecular weight is 899 g/mol. The second-order valence-electron chi connectivity index (χ2n) is 18.9. The summed E-state index contributed by atoms with van der Waals surface area (Å²) in [7, 11) is 0. The zero-order valence-corrected chi connectivity index (χ0v) is 40.5. The molecule has 4 aliphatic heterocycles. The van der Waals surface area contributed by atoms with Gasteiger partial charge in [0.2, 0.25) is 11.8 Å². The van der Waals surface area contributed by atoms with Crippen LogP contribution in [0.5, 0.6) is 0 Å². The molecule has 0 saturated carbocycles. The van der Waals surface area contributed by atoms with Gasteiger partial charge in [0, 0.05) is 115 Å². The number of benzene rings is 2. The standard InChI is InChI=1S/C52H82N8O5/c1-5-59(6-2)51(63)45-17-27-57(28-18-45)39-41-9-13-43(14-10-41)49(61)37-53-25-35-55-31-21-47(22-32-55)65-48-23-33-56(34-24-48)36-26-54-38-50(62)44-15-11-42(12-16-44)40-58-29-19-46(20-30-58)52(64)60(7-3)8-4/h9-16,45-48,53-54H,5-8,17-40H2,1-4H3. The number of rotatable bonds is 24. The summed E-state index contributed by atoms with van der Waals surface area (Å²) >= 11 is 0. The number of Topliss-reactive ketones (excluding diaryl/α,β-unsaturated/α-hetero) is 2. The van der Waals surface area contributed by atoms with Crippen molar-refractivity contribution in [3.05, 3.63) is 70.8 Å². The molecule has 0 aliphatic carbocycles. The molecule has 0 unspecified atom stereocenters. The highest BCUT2D eigenvalue weighted by atomic mass is 16.5. The summed E-state index contributed by atoms with van der Waals surface area (Å²) in [6.07, 6.45) is 8.52. The SMILES string of the molecule is CCN(CC)C(=O)C1CCN(Cc2ccc(C(=O)CNCCN3CCC(OC4CCN(CCNCC(=O)c5ccc(CN6CCC(C(=O)N(CC)CC)CC6)cc5)CC4)CC3)cc2)CC1. The van der Waals surface area contributed by atoms with Crippen LogP contribution in [-0.2, 0) is 27.4 Å². The van der Waals surface area contributed by atoms with E-state index in [1.807, 2.05) is 34.1 Å². The normalized spacial score (nSPS) is 19.4. The number of hydrogen-bond donors (Lipinski definition) is 2. The van der Waals surface area contributed by atoms with Crippen molar-refractivity contribution in [3.63, 3.8) is 0 Å². The maximum absolute atomic E-state index is 12.9. The number of nitrogens with zero attached hydrogens (tertiary/aromatic N) is 6. The molecule has 360 valence electrons. The molecule has 6 rings (SSSR count). The van der Waals surface area contributed by atoms with Crippen LogP contribution >= 0.6 is 0 Å². The smallest absolute Gasteiger partial charge is 0.225 e. The highest BCUT2D eigenvalue weighted by Gasteiger charge is 2.30. The van der Waals surface area contributed by atoms with Gasteiger partial charge in [-0.3, -0.25) is 29.0 Å². The van der Waals surface area contributed by atoms with Crippen LogP contribution in [0.2, 0.25) is 0 Å². The van der Waals surface area contributed by atoms with Crippen molar-refractivity contribution in [2.24, 2.45) is 11.8 Å². The molecular formula is C52H82N8O5. The minimum Gasteiger partial charge on any atom is -0.375 e. The Balaban J connectivity index is 0.757. The third kappa shape index (κ3) is 15.8. The molecule has 0 radical (unpaired) electrons. The molecule has 0 aromatic heterocycles. The first kappa shape index (κ1) is 50.8. The van der Waals surface area contributed by atoms with Gasteiger partial charge < -0.3 is 35.0 Å². The van der Waals surface area contributed by atoms with Gasteiger partial charge in [-0.25, -0.2) is 0 Å². The van der Waals surface area contributed by atoms with Crippen molar-refractivity contribution in [2.75, 3.05) is 118 Å². The minimum atomic E-state index is 0.125. The molecule has 0 atom stereocenters. The van der Waals surface area contributed by atoms with Gasteiger partial charge in [-0.15, -0.1) is 0 Å². The fourth-order valence-corrected chi connectivity index (χ4v) is 10.3. The lowest BCUT2D eigenvalue weighted by Gasteiger charge is -2.37. The van der Waals surface area contributed by atoms with E-state index >= 15 is 0 Å². The summed E-state index contributed by atoms with van der Waals surface area (Å²) in [6, 6.07) is 16.1. The lowest BCUT2D eigenvalue weighted by Crippen LogP contribution is -2.44. The molecule has 2 aromatic carbocycles. The van der Waals surface area contributed by atoms with Gasteiger partial charge in [-0.05, 0) is 116 Å². The van der Waals surface area contributed by atoms with E-state index in [-0.39, 0.29) is 23.4 Å². The molecule has 13 nitrogen and oxygen atoms in total. The topological polar surface area (TPSA) is 121 Å². The van der Waals surface area contributed by atoms with Crippen LogP contribution in [0.25, 0.3) is 0 Å². The van der Waals surface area contributed by atoms with Crippen LogP contribution in [0.15, 0.2) is 48.5 Å². The summed E-state index contributed by atoms with van der Waals surface area (Å²) in [5.74, 6) is 1.16. The molecule has 4 fully saturated rings. The number of carbonyl (C=O) groups is 4. The average Bonchev–Trinajstić information content (AvgIpc) is 3.34. The lowest BCUT2D eigenvalue weighted by molar-refractivity contribution is -0.137. The van der Waals surface area contributed by atoms with Gasteiger partial charge in [0.05, 0.1) is 25.3 Å². The van der Waals surface area contributed by atoms with Crippen LogP contribution < -0.4 is 10.6 Å². The van der Waals surface area contributed by atoms with Crippen molar-refractivity contribution in [2.45, 2.75) is 104 Å². The second-order valence-corrected chi connectivity index (χ2v) is 18.9. The third-order valence-electron chi connectivity index (χ3n) is 14.6. The summed E-state index contributed by atoms with van der Waals surface area (Å²) in [4.78, 5) is 65.0. The fraction of sp³-hybridized carbons (Fsp3) is 0.692. The van der Waals surface area contributed by atoms with Crippen molar-refractivity contribution in [1.82, 2.24) is 40.0 Å². The molecule has 4 heterocycles. The number of piperidine rings is 4. The Bertz CT molecular complexity index is 1610. The third-order valence-corrected chi connectivity index (χ3v) is 14.6. The fourth-order valence-electron chi connectivity index (χ4n) is 10.3. The lowest BCUT2D eigenvalue weighted by atomic mass is 9.94. The van der Waals surface area contributed by atoms with E-state index < -0.39 is 0 Å². The molecule has 2 amide bonds. The number of hydrogen-bond acceptors (Lipinski definition) is 11. The molecule has 0 spiro atoms. The van der Waals surface area contributed by atoms with Crippen molar-refractivity contribution < 1.29 is 23.9 Å². The number of nitrogens with one attached hydrogen (secondary N) is 2. The monoisotopic (exact) mass is 899 g/mol. The van der Waals surface area contributed by atoms with E-state index in [9.17, 15) is 19.2 Å². The summed E-state index contributed by atoms with van der Waals surface area (Å²) < 4.78 is 6.59. The van der Waals surface area contributed by atoms with Crippen molar-refractivity contribution >= 4 is 23.4 Å². The molecule has 65 heavy (non-hydrogen) atoms. The Morgan fingerprint density at radius 3 is 1.14 bits per heavy atom. The Kier molecular flexibility index (Phi) is 20.9. The van der Waals surface area contributed by atoms with E-state index in [1.165, 1.54) is 11.1 Å². The van der Waals surface area contributed by atoms with Crippen LogP contribution in [-0.4, -0.2) is 183 Å². The maximum Gasteiger partial charge on any atom is 0.225 e. The Morgan fingerprint density at radius 2 is 0.815 bits per heavy atom. The largest absolute Gasteiger partial charge is 0.375 e. The van der Waals surface area contributed by atoms with E-state index in [1.54, 1.807) is 0 Å². The van der Waals surface area contributed by atoms with Crippen LogP contribution in [0, 0.1) is 11.8 Å². The molecule has 13 heteroatoms. The van der Waals surface area contributed by atoms with Gasteiger partial charge in [-0.2, -0.15) is 0 Å². The van der Waals surface area contributed by atoms with Crippen LogP contribution in [0.3, 0.4) is 0 Å². The first-order chi connectivity index (χ1) is 31.7. The van der Waals surface area contributed by atoms with Gasteiger partial charge in [-0.1, -0.05) is 48.5 Å². The summed E-state index contributed by atoms with van der Waals surface area (Å²) in [5, 5.41) is 6.75. The van der Waals surface area contributed by atoms with Crippen LogP contribution in [0.4, 0.5) is 0 Å². The molecule has 2 aromatic rings. The zero-order chi connectivity index (χ0) is 46.0. The predicted molar refractivity (Wildman–Crippen MR) is 259 cm³/mol. The van der Waals surface area contributed by atoms with Gasteiger partial charge >= 0.3 is 0 Å². The number of amides is 2. The number of ether oxygens (including phenoxy) is 1. The van der Waals surface area contributed by atoms with E-state index in [2.05, 4.69) is 82.2 Å². The molecule has 2 N–H and O–H groups in total. The Morgan fingerprint density at radius 1 is 0.492 bits per heavy atom. The molecule has 0 bridgehead atoms. The quantitative estimate of drug-likeness (QED) is 0.109. The minimum absolute atomic E-state index is 0.125. The number of ketones is 2. The maximum atomic E-state index is 12.9. The zero-order valence-electron chi connectivity index (χ0n) is 40.5. The van der Waals surface area contributed by atoms with Gasteiger partial charge in [0.1, 0.15) is 0 Å². The first-order valence-corrected chi connectivity index (χ1v) is 25.4. The molecule has 4 aliphatic rings. The van der Waals surface area contributed by atoms with E-state index in [4.69, 9.17) is 4.74 Å². The number of carbonyl (C=O) groups excluding carboxylic acids is 4. The van der Waals surface area contributed by atoms with E-state index in [0.29, 0.717) is 37.1 Å². The predicted octanol–water partition coefficient (Wildman–Crippen LogP) is 5.04. The highest BCUT2D eigenvalue weighted by molar-refractivity contribution is 5.98. The Labute approximate surface area is 390 Å². The molecular weight excluding hydrogens is 817 g/mol. The Hall–Kier alpha value is -3.56. The first-order valence-electron chi connectivity index (χ1n) is 25.4. The second kappa shape index (κ2) is 26.7. The number of likely N-dealkylation sites (tertiary alicyclic amines) is 4. The molecule has 4 saturated heterocycles.